The molecule has 2 aliphatic heterocycles. The summed E-state index contributed by atoms with van der Waals surface area (Å²) in [6.45, 7) is 0. The van der Waals surface area contributed by atoms with Gasteiger partial charge in [0.15, 0.2) is 0 Å². The Labute approximate surface area is 389 Å². The van der Waals surface area contributed by atoms with Crippen LogP contribution in [0.2, 0.25) is 0 Å². The Kier molecular flexibility index (Phi) is 8.36. The quantitative estimate of drug-likeness (QED) is 0.162. The van der Waals surface area contributed by atoms with Crippen LogP contribution < -0.4 is 9.80 Å². The van der Waals surface area contributed by atoms with Gasteiger partial charge in [-0.25, -0.2) is 0 Å². The highest BCUT2D eigenvalue weighted by Gasteiger charge is 2.28. The smallest absolute Gasteiger partial charge is 0.0601 e. The Balaban J connectivity index is 1.12. The molecule has 12 aromatic rings. The highest BCUT2D eigenvalue weighted by Crippen LogP contribution is 2.56. The topological polar surface area (TPSA) is 6.48 Å². The van der Waals surface area contributed by atoms with Crippen molar-refractivity contribution in [3.05, 3.63) is 218 Å². The van der Waals surface area contributed by atoms with Gasteiger partial charge in [0.25, 0.3) is 0 Å². The molecular formula is C60H36N2S3. The summed E-state index contributed by atoms with van der Waals surface area (Å²) < 4.78 is 2.62. The average molecular weight is 881 g/mol. The molecule has 0 unspecified atom stereocenters. The van der Waals surface area contributed by atoms with E-state index in [1.807, 2.05) is 34.9 Å². The van der Waals surface area contributed by atoms with Crippen LogP contribution in [-0.4, -0.2) is 0 Å². The van der Waals surface area contributed by atoms with Crippen molar-refractivity contribution in [1.82, 2.24) is 0 Å². The van der Waals surface area contributed by atoms with Crippen molar-refractivity contribution in [1.29, 1.82) is 0 Å². The fraction of sp³-hybridized carbons (Fsp3) is 0. The lowest BCUT2D eigenvalue weighted by Crippen LogP contribution is -2.15. The molecule has 0 fully saturated rings. The summed E-state index contributed by atoms with van der Waals surface area (Å²) in [6.07, 6.45) is 0. The van der Waals surface area contributed by atoms with Crippen LogP contribution in [0.5, 0.6) is 0 Å². The number of fused-ring (bicyclic) bond motifs is 10. The van der Waals surface area contributed by atoms with Crippen LogP contribution in [0.3, 0.4) is 0 Å². The van der Waals surface area contributed by atoms with E-state index in [2.05, 4.69) is 228 Å². The number of rotatable bonds is 4. The lowest BCUT2D eigenvalue weighted by molar-refractivity contribution is 1.17. The number of hydrogen-bond acceptors (Lipinski definition) is 5. The molecule has 11 aromatic carbocycles. The van der Waals surface area contributed by atoms with Gasteiger partial charge in [-0.3, -0.25) is 0 Å². The van der Waals surface area contributed by atoms with E-state index in [9.17, 15) is 0 Å². The molecule has 0 saturated heterocycles. The molecule has 0 saturated carbocycles. The van der Waals surface area contributed by atoms with Gasteiger partial charge in [-0.05, 0) is 146 Å². The first-order valence-corrected chi connectivity index (χ1v) is 24.4. The molecular weight excluding hydrogens is 845 g/mol. The first-order valence-electron chi connectivity index (χ1n) is 22.0. The van der Waals surface area contributed by atoms with Crippen LogP contribution in [0, 0.1) is 0 Å². The monoisotopic (exact) mass is 880 g/mol. The molecule has 304 valence electrons. The molecule has 3 heterocycles. The summed E-state index contributed by atoms with van der Waals surface area (Å²) in [5, 5.41) is 9.97. The van der Waals surface area contributed by atoms with E-state index in [-0.39, 0.29) is 0 Å². The van der Waals surface area contributed by atoms with E-state index in [1.165, 1.54) is 117 Å². The van der Waals surface area contributed by atoms with Crippen molar-refractivity contribution < 1.29 is 0 Å². The van der Waals surface area contributed by atoms with Gasteiger partial charge in [-0.2, -0.15) is 0 Å². The van der Waals surface area contributed by atoms with Gasteiger partial charge < -0.3 is 9.80 Å². The zero-order chi connectivity index (χ0) is 42.6. The largest absolute Gasteiger partial charge is 0.308 e. The van der Waals surface area contributed by atoms with Crippen LogP contribution in [0.25, 0.3) is 74.7 Å². The number of nitrogens with zero attached hydrogens (tertiary/aromatic N) is 2. The summed E-state index contributed by atoms with van der Waals surface area (Å²) >= 11 is 5.57. The Morgan fingerprint density at radius 3 is 1.38 bits per heavy atom. The van der Waals surface area contributed by atoms with Crippen LogP contribution in [-0.2, 0) is 0 Å². The van der Waals surface area contributed by atoms with Gasteiger partial charge in [-0.15, -0.1) is 11.3 Å². The molecule has 0 spiro atoms. The number of anilines is 6. The molecule has 14 rings (SSSR count). The Hall–Kier alpha value is -7.28. The third kappa shape index (κ3) is 5.76. The molecule has 5 heteroatoms. The fourth-order valence-electron chi connectivity index (χ4n) is 10.4. The third-order valence-electron chi connectivity index (χ3n) is 13.2. The Morgan fingerprint density at radius 2 is 0.769 bits per heavy atom. The number of hydrogen-bond donors (Lipinski definition) is 0. The first kappa shape index (κ1) is 37.1. The van der Waals surface area contributed by atoms with Gasteiger partial charge in [0, 0.05) is 51.1 Å². The first-order chi connectivity index (χ1) is 32.2. The van der Waals surface area contributed by atoms with Crippen molar-refractivity contribution in [3.63, 3.8) is 0 Å². The number of para-hydroxylation sites is 4. The van der Waals surface area contributed by atoms with Crippen molar-refractivity contribution in [3.8, 4) is 22.3 Å². The standard InChI is InChI=1S/C60H36N2S3/c1-2-16-41-37(14-1)15-13-18-43(41)60-45-32-30-39(61-49-19-4-9-24-55(49)64-56-25-10-5-20-50(56)61)35-47(45)59(38-28-33-54-46(34-38)42-17-3-8-23-53(42)63-54)44-31-29-40(36-48(44)60)62-51-21-6-11-26-57(51)65-58-27-12-7-22-52(58)62/h1-36H. The summed E-state index contributed by atoms with van der Waals surface area (Å²) in [6, 6.07) is 81.4. The van der Waals surface area contributed by atoms with Crippen LogP contribution in [0.1, 0.15) is 0 Å². The SMILES string of the molecule is c1ccc2c(c1)Sc1ccccc1N2c1ccc2c(-c3cccc4ccccc34)c3cc(N4c5ccccc5Sc5ccccc54)ccc3c(-c3ccc4sc5ccccc5c4c3)c2c1. The molecule has 2 aliphatic rings. The predicted octanol–water partition coefficient (Wildman–Crippen LogP) is 18.7. The van der Waals surface area contributed by atoms with Crippen LogP contribution >= 0.6 is 34.9 Å². The van der Waals surface area contributed by atoms with Gasteiger partial charge in [-0.1, -0.05) is 151 Å². The molecule has 2 nitrogen and oxygen atoms in total. The van der Waals surface area contributed by atoms with E-state index in [0.717, 1.165) is 11.4 Å². The second-order valence-corrected chi connectivity index (χ2v) is 20.0. The Morgan fingerprint density at radius 1 is 0.292 bits per heavy atom. The molecule has 0 N–H and O–H groups in total. The van der Waals surface area contributed by atoms with Crippen molar-refractivity contribution in [2.24, 2.45) is 0 Å². The van der Waals surface area contributed by atoms with E-state index in [0.29, 0.717) is 0 Å². The maximum atomic E-state index is 2.47. The minimum atomic E-state index is 1.14. The highest BCUT2D eigenvalue weighted by atomic mass is 32.2. The maximum Gasteiger partial charge on any atom is 0.0601 e. The third-order valence-corrected chi connectivity index (χ3v) is 16.6. The van der Waals surface area contributed by atoms with Crippen molar-refractivity contribution in [2.45, 2.75) is 19.6 Å². The maximum absolute atomic E-state index is 2.47. The minimum Gasteiger partial charge on any atom is -0.308 e. The molecule has 0 bridgehead atoms. The second-order valence-electron chi connectivity index (χ2n) is 16.8. The van der Waals surface area contributed by atoms with Crippen molar-refractivity contribution in [2.75, 3.05) is 9.80 Å². The van der Waals surface area contributed by atoms with Crippen molar-refractivity contribution >= 4 is 121 Å². The molecule has 0 radical (unpaired) electrons. The molecule has 0 amide bonds. The lowest BCUT2D eigenvalue weighted by atomic mass is 9.84. The average Bonchev–Trinajstić information content (AvgIpc) is 3.74. The molecule has 1 aromatic heterocycles. The predicted molar refractivity (Wildman–Crippen MR) is 280 cm³/mol. The van der Waals surface area contributed by atoms with E-state index in [1.54, 1.807) is 0 Å². The highest BCUT2D eigenvalue weighted by molar-refractivity contribution is 8.00. The Bertz CT molecular complexity index is 3850. The van der Waals surface area contributed by atoms with E-state index >= 15 is 0 Å². The zero-order valence-electron chi connectivity index (χ0n) is 34.9. The molecule has 0 aliphatic carbocycles. The van der Waals surface area contributed by atoms with E-state index in [4.69, 9.17) is 0 Å². The van der Waals surface area contributed by atoms with Gasteiger partial charge in [0.2, 0.25) is 0 Å². The normalized spacial score (nSPS) is 13.0. The summed E-state index contributed by atoms with van der Waals surface area (Å²) in [7, 11) is 0. The molecule has 65 heavy (non-hydrogen) atoms. The van der Waals surface area contributed by atoms with Crippen LogP contribution in [0.15, 0.2) is 238 Å². The van der Waals surface area contributed by atoms with E-state index < -0.39 is 0 Å². The second kappa shape index (κ2) is 14.6. The summed E-state index contributed by atoms with van der Waals surface area (Å²) in [4.78, 5) is 9.94. The fourth-order valence-corrected chi connectivity index (χ4v) is 13.6. The summed E-state index contributed by atoms with van der Waals surface area (Å²) in [5.41, 5.74) is 12.0. The lowest BCUT2D eigenvalue weighted by Gasteiger charge is -2.34. The number of benzene rings is 11. The minimum absolute atomic E-state index is 1.14. The van der Waals surface area contributed by atoms with Gasteiger partial charge >= 0.3 is 0 Å². The number of thiophene rings is 1. The van der Waals surface area contributed by atoms with Crippen LogP contribution in [0.4, 0.5) is 34.1 Å². The molecule has 0 atom stereocenters. The zero-order valence-corrected chi connectivity index (χ0v) is 37.4. The van der Waals surface area contributed by atoms with Gasteiger partial charge in [0.05, 0.1) is 22.7 Å². The summed E-state index contributed by atoms with van der Waals surface area (Å²) in [5.74, 6) is 0. The van der Waals surface area contributed by atoms with Gasteiger partial charge in [0.1, 0.15) is 0 Å².